The van der Waals surface area contributed by atoms with Crippen molar-refractivity contribution in [3.8, 4) is 11.5 Å². The maximum absolute atomic E-state index is 12.3. The zero-order valence-electron chi connectivity index (χ0n) is 13.6. The second-order valence-electron chi connectivity index (χ2n) is 4.89. The van der Waals surface area contributed by atoms with E-state index in [1.54, 1.807) is 25.1 Å². The molecule has 0 fully saturated rings. The molecular formula is C16H19ClN2O5. The largest absolute Gasteiger partial charge is 0.493 e. The molecule has 8 heteroatoms. The smallest absolute Gasteiger partial charge is 0.338 e. The van der Waals surface area contributed by atoms with Gasteiger partial charge in [-0.2, -0.15) is 0 Å². The van der Waals surface area contributed by atoms with Crippen LogP contribution in [-0.4, -0.2) is 38.7 Å². The summed E-state index contributed by atoms with van der Waals surface area (Å²) in [5.74, 6) is 0.463. The van der Waals surface area contributed by atoms with Gasteiger partial charge in [-0.05, 0) is 24.6 Å². The first-order valence-corrected chi connectivity index (χ1v) is 7.84. The van der Waals surface area contributed by atoms with Crippen LogP contribution in [0.2, 0.25) is 0 Å². The summed E-state index contributed by atoms with van der Waals surface area (Å²) in [6.07, 6.45) is 0. The lowest BCUT2D eigenvalue weighted by atomic mass is 9.95. The van der Waals surface area contributed by atoms with E-state index < -0.39 is 18.0 Å². The summed E-state index contributed by atoms with van der Waals surface area (Å²) >= 11 is 5.89. The zero-order valence-corrected chi connectivity index (χ0v) is 14.4. The Hall–Kier alpha value is -2.41. The molecule has 0 aromatic heterocycles. The van der Waals surface area contributed by atoms with Crippen molar-refractivity contribution < 1.29 is 23.8 Å². The molecule has 0 spiro atoms. The van der Waals surface area contributed by atoms with Crippen molar-refractivity contribution in [1.29, 1.82) is 0 Å². The van der Waals surface area contributed by atoms with E-state index >= 15 is 0 Å². The quantitative estimate of drug-likeness (QED) is 0.603. The number of ether oxygens (including phenoxy) is 3. The summed E-state index contributed by atoms with van der Waals surface area (Å²) in [4.78, 5) is 24.2. The topological polar surface area (TPSA) is 85.9 Å². The lowest BCUT2D eigenvalue weighted by Gasteiger charge is -2.29. The first-order chi connectivity index (χ1) is 11.5. The van der Waals surface area contributed by atoms with Gasteiger partial charge in [-0.25, -0.2) is 9.59 Å². The summed E-state index contributed by atoms with van der Waals surface area (Å²) in [7, 11) is 3.04. The predicted molar refractivity (Wildman–Crippen MR) is 88.3 cm³/mol. The van der Waals surface area contributed by atoms with Crippen LogP contribution in [0, 0.1) is 0 Å². The Labute approximate surface area is 144 Å². The number of rotatable bonds is 6. The fraction of sp³-hybridized carbons (Fsp3) is 0.375. The van der Waals surface area contributed by atoms with E-state index in [2.05, 4.69) is 10.6 Å². The average Bonchev–Trinajstić information content (AvgIpc) is 2.60. The van der Waals surface area contributed by atoms with Crippen molar-refractivity contribution in [3.05, 3.63) is 35.0 Å². The molecule has 1 aliphatic heterocycles. The van der Waals surface area contributed by atoms with Crippen molar-refractivity contribution in [2.45, 2.75) is 13.0 Å². The monoisotopic (exact) mass is 354 g/mol. The molecule has 2 amide bonds. The number of alkyl halides is 1. The third-order valence-electron chi connectivity index (χ3n) is 3.52. The van der Waals surface area contributed by atoms with Crippen LogP contribution in [0.15, 0.2) is 29.5 Å². The number of hydrogen-bond donors (Lipinski definition) is 2. The van der Waals surface area contributed by atoms with E-state index in [0.717, 1.165) is 0 Å². The Morgan fingerprint density at radius 3 is 2.54 bits per heavy atom. The molecule has 1 aliphatic rings. The van der Waals surface area contributed by atoms with Gasteiger partial charge in [0.2, 0.25) is 0 Å². The summed E-state index contributed by atoms with van der Waals surface area (Å²) in [5, 5.41) is 5.26. The fourth-order valence-corrected chi connectivity index (χ4v) is 2.67. The number of carbonyl (C=O) groups is 2. The second kappa shape index (κ2) is 7.92. The number of nitrogens with one attached hydrogen (secondary N) is 2. The van der Waals surface area contributed by atoms with Crippen LogP contribution in [0.4, 0.5) is 4.79 Å². The summed E-state index contributed by atoms with van der Waals surface area (Å²) < 4.78 is 15.6. The molecular weight excluding hydrogens is 336 g/mol. The van der Waals surface area contributed by atoms with E-state index in [0.29, 0.717) is 22.8 Å². The van der Waals surface area contributed by atoms with Gasteiger partial charge in [0.15, 0.2) is 11.5 Å². The zero-order chi connectivity index (χ0) is 17.7. The number of allylic oxidation sites excluding steroid dienone is 1. The molecule has 2 rings (SSSR count). The molecule has 1 atom stereocenters. The van der Waals surface area contributed by atoms with Gasteiger partial charge in [0.05, 0.1) is 38.3 Å². The van der Waals surface area contributed by atoms with E-state index in [9.17, 15) is 9.59 Å². The molecule has 0 saturated carbocycles. The van der Waals surface area contributed by atoms with Gasteiger partial charge in [-0.15, -0.1) is 11.6 Å². The molecule has 1 heterocycles. The van der Waals surface area contributed by atoms with Crippen molar-refractivity contribution in [1.82, 2.24) is 10.6 Å². The highest BCUT2D eigenvalue weighted by Crippen LogP contribution is 2.34. The van der Waals surface area contributed by atoms with Crippen LogP contribution in [0.25, 0.3) is 0 Å². The van der Waals surface area contributed by atoms with Crippen LogP contribution in [-0.2, 0) is 9.53 Å². The third-order valence-corrected chi connectivity index (χ3v) is 3.79. The Kier molecular flexibility index (Phi) is 5.92. The SMILES string of the molecule is CCOC(=O)C1=C(CCl)NC(=O)N[C@@H]1c1ccc(OC)c(OC)c1. The van der Waals surface area contributed by atoms with Crippen molar-refractivity contribution in [2.75, 3.05) is 26.7 Å². The van der Waals surface area contributed by atoms with Gasteiger partial charge < -0.3 is 24.8 Å². The normalized spacial score (nSPS) is 17.0. The molecule has 130 valence electrons. The molecule has 24 heavy (non-hydrogen) atoms. The van der Waals surface area contributed by atoms with E-state index in [1.165, 1.54) is 14.2 Å². The molecule has 1 aromatic rings. The molecule has 0 aliphatic carbocycles. The maximum Gasteiger partial charge on any atom is 0.338 e. The number of carbonyl (C=O) groups excluding carboxylic acids is 2. The first-order valence-electron chi connectivity index (χ1n) is 7.31. The van der Waals surface area contributed by atoms with Crippen LogP contribution >= 0.6 is 11.6 Å². The van der Waals surface area contributed by atoms with Gasteiger partial charge in [0.1, 0.15) is 0 Å². The minimum Gasteiger partial charge on any atom is -0.493 e. The van der Waals surface area contributed by atoms with Gasteiger partial charge in [0.25, 0.3) is 0 Å². The van der Waals surface area contributed by atoms with Crippen LogP contribution in [0.3, 0.4) is 0 Å². The molecule has 0 bridgehead atoms. The maximum atomic E-state index is 12.3. The number of halogens is 1. The van der Waals surface area contributed by atoms with E-state index in [-0.39, 0.29) is 18.1 Å². The van der Waals surface area contributed by atoms with Gasteiger partial charge in [0, 0.05) is 5.70 Å². The van der Waals surface area contributed by atoms with Gasteiger partial charge >= 0.3 is 12.0 Å². The highest BCUT2D eigenvalue weighted by Gasteiger charge is 2.33. The van der Waals surface area contributed by atoms with Crippen molar-refractivity contribution in [3.63, 3.8) is 0 Å². The number of hydrogen-bond acceptors (Lipinski definition) is 5. The number of urea groups is 1. The lowest BCUT2D eigenvalue weighted by Crippen LogP contribution is -2.46. The van der Waals surface area contributed by atoms with Crippen molar-refractivity contribution in [2.24, 2.45) is 0 Å². The fourth-order valence-electron chi connectivity index (χ4n) is 2.46. The standard InChI is InChI=1S/C16H19ClN2O5/c1-4-24-15(20)13-10(8-17)18-16(21)19-14(13)9-5-6-11(22-2)12(7-9)23-3/h5-7,14H,4,8H2,1-3H3,(H2,18,19,21)/t14-/m1/s1. The Balaban J connectivity index is 2.52. The Bertz CT molecular complexity index is 674. The molecule has 2 N–H and O–H groups in total. The van der Waals surface area contributed by atoms with Crippen molar-refractivity contribution >= 4 is 23.6 Å². The molecule has 1 aromatic carbocycles. The number of esters is 1. The highest BCUT2D eigenvalue weighted by molar-refractivity contribution is 6.20. The molecule has 0 unspecified atom stereocenters. The van der Waals surface area contributed by atoms with E-state index in [1.807, 2.05) is 0 Å². The van der Waals surface area contributed by atoms with Crippen LogP contribution in [0.5, 0.6) is 11.5 Å². The Morgan fingerprint density at radius 2 is 1.96 bits per heavy atom. The van der Waals surface area contributed by atoms with Crippen LogP contribution < -0.4 is 20.1 Å². The van der Waals surface area contributed by atoms with Gasteiger partial charge in [-0.3, -0.25) is 0 Å². The lowest BCUT2D eigenvalue weighted by molar-refractivity contribution is -0.139. The minimum absolute atomic E-state index is 0.0225. The molecule has 0 saturated heterocycles. The molecule has 0 radical (unpaired) electrons. The number of benzene rings is 1. The third kappa shape index (κ3) is 3.56. The molecule has 7 nitrogen and oxygen atoms in total. The predicted octanol–water partition coefficient (Wildman–Crippen LogP) is 2.11. The second-order valence-corrected chi connectivity index (χ2v) is 5.16. The van der Waals surface area contributed by atoms with Gasteiger partial charge in [-0.1, -0.05) is 6.07 Å². The number of amides is 2. The highest BCUT2D eigenvalue weighted by atomic mass is 35.5. The van der Waals surface area contributed by atoms with Crippen LogP contribution in [0.1, 0.15) is 18.5 Å². The van der Waals surface area contributed by atoms with E-state index in [4.69, 9.17) is 25.8 Å². The summed E-state index contributed by atoms with van der Waals surface area (Å²) in [6.45, 7) is 1.92. The first kappa shape index (κ1) is 17.9. The Morgan fingerprint density at radius 1 is 1.25 bits per heavy atom. The average molecular weight is 355 g/mol. The number of methoxy groups -OCH3 is 2. The minimum atomic E-state index is -0.702. The summed E-state index contributed by atoms with van der Waals surface area (Å²) in [6, 6.07) is 3.99. The summed E-state index contributed by atoms with van der Waals surface area (Å²) in [5.41, 5.74) is 1.23.